The lowest BCUT2D eigenvalue weighted by Crippen LogP contribution is -1.86. The summed E-state index contributed by atoms with van der Waals surface area (Å²) in [5.74, 6) is 0. The van der Waals surface area contributed by atoms with Crippen LogP contribution in [0.5, 0.6) is 0 Å². The minimum absolute atomic E-state index is 0. The Balaban J connectivity index is 0. The van der Waals surface area contributed by atoms with Crippen LogP contribution in [0.1, 0.15) is 0 Å². The minimum atomic E-state index is -0.611. The van der Waals surface area contributed by atoms with Gasteiger partial charge in [-0.15, -0.1) is 0 Å². The van der Waals surface area contributed by atoms with Crippen LogP contribution in [0.15, 0.2) is 0 Å². The second kappa shape index (κ2) is 4.27. The van der Waals surface area contributed by atoms with E-state index in [0.29, 0.717) is 0 Å². The molecule has 0 spiro atoms. The Morgan fingerprint density at radius 1 is 1.40 bits per heavy atom. The average molecular weight is 92.1 g/mol. The van der Waals surface area contributed by atoms with Crippen LogP contribution in [0.25, 0.3) is 0 Å². The molecule has 0 heterocycles. The maximum absolute atomic E-state index is 9.56. The van der Waals surface area contributed by atoms with Crippen molar-refractivity contribution in [1.82, 2.24) is 6.15 Å². The Morgan fingerprint density at radius 3 is 1.40 bits per heavy atom. The first-order chi connectivity index (χ1) is 1.73. The predicted octanol–water partition coefficient (Wildman–Crippen LogP) is -0.486. The quantitative estimate of drug-likeness (QED) is 0.372. The molecule has 0 saturated heterocycles. The van der Waals surface area contributed by atoms with Crippen molar-refractivity contribution in [2.24, 2.45) is 0 Å². The summed E-state index contributed by atoms with van der Waals surface area (Å²) < 4.78 is 9.56. The lowest BCUT2D eigenvalue weighted by atomic mass is 11.9. The highest BCUT2D eigenvalue weighted by atomic mass is 32.2. The summed E-state index contributed by atoms with van der Waals surface area (Å²) >= 11 is -0.611. The van der Waals surface area contributed by atoms with Gasteiger partial charge in [0.25, 0.3) is 0 Å². The second-order valence-electron chi connectivity index (χ2n) is 0.742. The van der Waals surface area contributed by atoms with Gasteiger partial charge in [0.15, 0.2) is 0 Å². The number of hydrogen-bond acceptors (Lipinski definition) is 1. The largest absolute Gasteiger partial charge is 0.617 e. The van der Waals surface area contributed by atoms with E-state index in [1.165, 1.54) is 0 Å². The molecule has 3 radical (unpaired) electrons. The van der Waals surface area contributed by atoms with Crippen molar-refractivity contribution >= 4 is 11.2 Å². The van der Waals surface area contributed by atoms with Crippen molar-refractivity contribution in [2.45, 2.75) is 0 Å². The molecule has 0 atom stereocenters. The van der Waals surface area contributed by atoms with Crippen LogP contribution >= 0.6 is 0 Å². The van der Waals surface area contributed by atoms with E-state index in [0.717, 1.165) is 0 Å². The molecule has 0 unspecified atom stereocenters. The summed E-state index contributed by atoms with van der Waals surface area (Å²) in [6.07, 6.45) is 3.28. The van der Waals surface area contributed by atoms with Gasteiger partial charge in [-0.3, -0.25) is 0 Å². The molecule has 31 valence electrons. The molecule has 0 bridgehead atoms. The molecule has 0 aromatic heterocycles. The molecule has 3 heteroatoms. The van der Waals surface area contributed by atoms with Crippen molar-refractivity contribution < 1.29 is 4.55 Å². The van der Waals surface area contributed by atoms with E-state index in [-0.39, 0.29) is 6.15 Å². The second-order valence-corrected chi connectivity index (χ2v) is 2.22. The molecular weight excluding hydrogens is 86.1 g/mol. The zero-order valence-electron chi connectivity index (χ0n) is 3.26. The van der Waals surface area contributed by atoms with Gasteiger partial charge in [-0.1, -0.05) is 11.2 Å². The molecule has 0 saturated carbocycles. The zero-order chi connectivity index (χ0) is 3.58. The van der Waals surface area contributed by atoms with Gasteiger partial charge in [0.05, 0.1) is 12.5 Å². The molecule has 0 N–H and O–H groups in total. The molecule has 0 aromatic rings. The van der Waals surface area contributed by atoms with Crippen LogP contribution in [-0.2, 0) is 11.2 Å². The van der Waals surface area contributed by atoms with E-state index in [1.807, 2.05) is 0 Å². The highest BCUT2D eigenvalue weighted by molar-refractivity contribution is 7.89. The summed E-state index contributed by atoms with van der Waals surface area (Å²) in [5, 5.41) is 0. The highest BCUT2D eigenvalue weighted by Gasteiger charge is 1.66. The van der Waals surface area contributed by atoms with E-state index in [4.69, 9.17) is 0 Å². The molecule has 0 fully saturated rings. The number of hydrogen-bond donors (Lipinski definition) is 0. The Hall–Kier alpha value is 0.270. The molecule has 0 aliphatic carbocycles. The fourth-order valence-electron chi connectivity index (χ4n) is 0. The first-order valence-electron chi connectivity index (χ1n) is 0.983. The Bertz CT molecular complexity index is 14.4. The summed E-state index contributed by atoms with van der Waals surface area (Å²) in [4.78, 5) is 0. The van der Waals surface area contributed by atoms with Gasteiger partial charge in [0.2, 0.25) is 0 Å². The molecular formula is C2H6NOS. The maximum Gasteiger partial charge on any atom is 0.0946 e. The van der Waals surface area contributed by atoms with E-state index in [9.17, 15) is 4.55 Å². The minimum Gasteiger partial charge on any atom is -0.617 e. The molecule has 0 aliphatic heterocycles. The third-order valence-electron chi connectivity index (χ3n) is 0. The van der Waals surface area contributed by atoms with Crippen LogP contribution in [-0.4, -0.2) is 17.1 Å². The lowest BCUT2D eigenvalue weighted by Gasteiger charge is -1.87. The first kappa shape index (κ1) is 8.99. The lowest BCUT2D eigenvalue weighted by molar-refractivity contribution is 0.606. The summed E-state index contributed by atoms with van der Waals surface area (Å²) in [6.45, 7) is 0. The van der Waals surface area contributed by atoms with Gasteiger partial charge >= 0.3 is 0 Å². The predicted molar refractivity (Wildman–Crippen MR) is 22.1 cm³/mol. The molecule has 0 rings (SSSR count). The third kappa shape index (κ3) is 302. The fraction of sp³-hybridized carbons (Fsp3) is 1.00. The molecule has 5 heavy (non-hydrogen) atoms. The van der Waals surface area contributed by atoms with Gasteiger partial charge in [-0.2, -0.15) is 0 Å². The van der Waals surface area contributed by atoms with Gasteiger partial charge in [-0.25, -0.2) is 0 Å². The zero-order valence-corrected chi connectivity index (χ0v) is 4.08. The van der Waals surface area contributed by atoms with Gasteiger partial charge in [0, 0.05) is 6.15 Å². The van der Waals surface area contributed by atoms with E-state index >= 15 is 0 Å². The Labute approximate surface area is 35.3 Å². The van der Waals surface area contributed by atoms with Gasteiger partial charge in [-0.05, 0) is 0 Å². The van der Waals surface area contributed by atoms with Crippen LogP contribution in [0.4, 0.5) is 0 Å². The molecule has 2 nitrogen and oxygen atoms in total. The first-order valence-corrected chi connectivity index (χ1v) is 2.95. The van der Waals surface area contributed by atoms with E-state index in [2.05, 4.69) is 0 Å². The molecule has 0 amide bonds. The SMILES string of the molecule is C[S+](C)[O-].[N]. The molecule has 0 aromatic carbocycles. The smallest absolute Gasteiger partial charge is 0.0946 e. The van der Waals surface area contributed by atoms with Crippen molar-refractivity contribution in [3.05, 3.63) is 0 Å². The van der Waals surface area contributed by atoms with Crippen molar-refractivity contribution in [2.75, 3.05) is 12.5 Å². The summed E-state index contributed by atoms with van der Waals surface area (Å²) in [7, 11) is 0. The third-order valence-corrected chi connectivity index (χ3v) is 0. The average Bonchev–Trinajstić information content (AvgIpc) is 0.811. The Kier molecular flexibility index (Phi) is 7.67. The molecule has 0 aliphatic rings. The standard InChI is InChI=1S/C2H6OS.N/c1-4(2)3;/h1-2H3;. The van der Waals surface area contributed by atoms with Crippen molar-refractivity contribution in [3.8, 4) is 0 Å². The summed E-state index contributed by atoms with van der Waals surface area (Å²) in [5.41, 5.74) is 0. The van der Waals surface area contributed by atoms with Gasteiger partial charge in [0.1, 0.15) is 0 Å². The Morgan fingerprint density at radius 2 is 1.40 bits per heavy atom. The van der Waals surface area contributed by atoms with Crippen LogP contribution in [0.3, 0.4) is 0 Å². The van der Waals surface area contributed by atoms with Crippen LogP contribution in [0.2, 0.25) is 0 Å². The van der Waals surface area contributed by atoms with E-state index < -0.39 is 11.2 Å². The fourth-order valence-corrected chi connectivity index (χ4v) is 0. The topological polar surface area (TPSA) is 53.6 Å². The van der Waals surface area contributed by atoms with Crippen LogP contribution in [0, 0.1) is 0 Å². The normalized spacial score (nSPS) is 7.20. The number of rotatable bonds is 0. The van der Waals surface area contributed by atoms with Gasteiger partial charge < -0.3 is 4.55 Å². The maximum atomic E-state index is 9.56. The monoisotopic (exact) mass is 92.0 g/mol. The van der Waals surface area contributed by atoms with E-state index in [1.54, 1.807) is 12.5 Å². The summed E-state index contributed by atoms with van der Waals surface area (Å²) in [6, 6.07) is 0. The highest BCUT2D eigenvalue weighted by Crippen LogP contribution is 1.61. The van der Waals surface area contributed by atoms with Crippen molar-refractivity contribution in [3.63, 3.8) is 0 Å². The number of nitrogens with zero attached hydrogens (tertiary/aromatic N) is 1. The van der Waals surface area contributed by atoms with Crippen LogP contribution < -0.4 is 6.15 Å². The van der Waals surface area contributed by atoms with Crippen molar-refractivity contribution in [1.29, 1.82) is 0 Å².